The van der Waals surface area contributed by atoms with Crippen LogP contribution < -0.4 is 5.32 Å². The van der Waals surface area contributed by atoms with E-state index in [2.05, 4.69) is 19.2 Å². The lowest BCUT2D eigenvalue weighted by Gasteiger charge is -2.25. The first-order valence-corrected chi connectivity index (χ1v) is 29.1. The average Bonchev–Trinajstić information content (AvgIpc) is 3.24. The standard InChI is InChI=1S/C54H109N2O6P/c1-6-8-10-12-14-16-18-19-20-21-22-23-24-25-26-27-28-29-30-31-32-33-34-35-36-38-40-42-44-46-48-54(58)55-52(51-62-63(59,60)61-50-49-56(3,4)5)53(57)47-45-43-41-39-37-17-15-13-11-9-7-2/h45,47,52-53,57H,6-44,46,48-51H2,1-5H3,(H-,55,58,59,60)/p+1/b47-45+/t52-,53+/m0/s1. The molecule has 0 spiro atoms. The molecule has 0 rings (SSSR count). The molecule has 376 valence electrons. The smallest absolute Gasteiger partial charge is 0.387 e. The molecule has 3 N–H and O–H groups in total. The Morgan fingerprint density at radius 1 is 0.524 bits per heavy atom. The summed E-state index contributed by atoms with van der Waals surface area (Å²) in [5.41, 5.74) is 0. The maximum Gasteiger partial charge on any atom is 0.472 e. The van der Waals surface area contributed by atoms with Crippen LogP contribution in [-0.4, -0.2) is 73.4 Å². The predicted molar refractivity (Wildman–Crippen MR) is 272 cm³/mol. The topological polar surface area (TPSA) is 105 Å². The van der Waals surface area contributed by atoms with Crippen LogP contribution in [0, 0.1) is 0 Å². The van der Waals surface area contributed by atoms with Crippen molar-refractivity contribution < 1.29 is 32.9 Å². The highest BCUT2D eigenvalue weighted by molar-refractivity contribution is 7.47. The summed E-state index contributed by atoms with van der Waals surface area (Å²) >= 11 is 0. The number of phosphoric ester groups is 1. The van der Waals surface area contributed by atoms with Gasteiger partial charge in [0, 0.05) is 6.42 Å². The third kappa shape index (κ3) is 49.0. The van der Waals surface area contributed by atoms with Gasteiger partial charge >= 0.3 is 7.82 Å². The number of aliphatic hydroxyl groups is 1. The molecule has 0 aromatic heterocycles. The molecule has 0 radical (unpaired) electrons. The van der Waals surface area contributed by atoms with Gasteiger partial charge in [-0.25, -0.2) is 4.57 Å². The van der Waals surface area contributed by atoms with Crippen LogP contribution in [0.2, 0.25) is 0 Å². The third-order valence-corrected chi connectivity index (χ3v) is 13.7. The number of nitrogens with zero attached hydrogens (tertiary/aromatic N) is 1. The van der Waals surface area contributed by atoms with E-state index in [1.165, 1.54) is 218 Å². The van der Waals surface area contributed by atoms with Crippen LogP contribution in [0.1, 0.15) is 277 Å². The average molecular weight is 914 g/mol. The normalized spacial score (nSPS) is 14.1. The Kier molecular flexibility index (Phi) is 45.8. The molecule has 0 heterocycles. The Balaban J connectivity index is 3.98. The van der Waals surface area contributed by atoms with E-state index >= 15 is 0 Å². The molecular weight excluding hydrogens is 804 g/mol. The summed E-state index contributed by atoms with van der Waals surface area (Å²) in [6.45, 7) is 4.83. The fourth-order valence-corrected chi connectivity index (χ4v) is 9.13. The first-order chi connectivity index (χ1) is 30.5. The molecule has 0 aromatic carbocycles. The van der Waals surface area contributed by atoms with Gasteiger partial charge in [-0.1, -0.05) is 264 Å². The molecule has 0 aliphatic heterocycles. The van der Waals surface area contributed by atoms with Crippen molar-refractivity contribution in [3.8, 4) is 0 Å². The number of quaternary nitrogens is 1. The number of carbonyl (C=O) groups is 1. The number of amides is 1. The first kappa shape index (κ1) is 62.2. The molecule has 1 amide bonds. The molecule has 0 aliphatic rings. The zero-order valence-corrected chi connectivity index (χ0v) is 43.7. The number of carbonyl (C=O) groups excluding carboxylic acids is 1. The highest BCUT2D eigenvalue weighted by atomic mass is 31.2. The van der Waals surface area contributed by atoms with Crippen LogP contribution in [0.15, 0.2) is 12.2 Å². The second-order valence-electron chi connectivity index (χ2n) is 20.3. The van der Waals surface area contributed by atoms with E-state index in [1.54, 1.807) is 6.08 Å². The lowest BCUT2D eigenvalue weighted by atomic mass is 10.0. The quantitative estimate of drug-likeness (QED) is 0.0243. The van der Waals surface area contributed by atoms with Gasteiger partial charge in [0.25, 0.3) is 0 Å². The van der Waals surface area contributed by atoms with Crippen molar-refractivity contribution in [2.45, 2.75) is 289 Å². The van der Waals surface area contributed by atoms with Crippen molar-refractivity contribution in [2.24, 2.45) is 0 Å². The lowest BCUT2D eigenvalue weighted by molar-refractivity contribution is -0.870. The maximum atomic E-state index is 12.9. The number of phosphoric acid groups is 1. The van der Waals surface area contributed by atoms with Crippen LogP contribution in [0.25, 0.3) is 0 Å². The summed E-state index contributed by atoms with van der Waals surface area (Å²) in [5, 5.41) is 13.8. The minimum absolute atomic E-state index is 0.0647. The van der Waals surface area contributed by atoms with Gasteiger partial charge in [-0.3, -0.25) is 13.8 Å². The minimum atomic E-state index is -4.33. The highest BCUT2D eigenvalue weighted by Gasteiger charge is 2.27. The number of allylic oxidation sites excluding steroid dienone is 1. The van der Waals surface area contributed by atoms with Gasteiger partial charge in [-0.2, -0.15) is 0 Å². The van der Waals surface area contributed by atoms with Gasteiger partial charge in [0.1, 0.15) is 13.2 Å². The molecule has 8 nitrogen and oxygen atoms in total. The summed E-state index contributed by atoms with van der Waals surface area (Å²) in [6.07, 6.45) is 56.1. The predicted octanol–water partition coefficient (Wildman–Crippen LogP) is 16.3. The lowest BCUT2D eigenvalue weighted by Crippen LogP contribution is -2.45. The van der Waals surface area contributed by atoms with E-state index in [0.717, 1.165) is 38.5 Å². The first-order valence-electron chi connectivity index (χ1n) is 27.6. The van der Waals surface area contributed by atoms with Crippen LogP contribution >= 0.6 is 7.82 Å². The summed E-state index contributed by atoms with van der Waals surface area (Å²) in [5.74, 6) is -0.172. The molecule has 3 atom stereocenters. The Bertz CT molecular complexity index is 1040. The molecule has 0 aliphatic carbocycles. The van der Waals surface area contributed by atoms with E-state index in [0.29, 0.717) is 17.4 Å². The number of aliphatic hydroxyl groups excluding tert-OH is 1. The fourth-order valence-electron chi connectivity index (χ4n) is 8.40. The molecular formula is C54H110N2O6P+. The van der Waals surface area contributed by atoms with Crippen molar-refractivity contribution in [1.82, 2.24) is 5.32 Å². The highest BCUT2D eigenvalue weighted by Crippen LogP contribution is 2.43. The maximum absolute atomic E-state index is 12.9. The van der Waals surface area contributed by atoms with E-state index in [1.807, 2.05) is 27.2 Å². The van der Waals surface area contributed by atoms with E-state index in [4.69, 9.17) is 9.05 Å². The molecule has 0 saturated carbocycles. The van der Waals surface area contributed by atoms with E-state index in [-0.39, 0.29) is 19.1 Å². The third-order valence-electron chi connectivity index (χ3n) is 12.8. The number of hydrogen-bond donors (Lipinski definition) is 3. The number of rotatable bonds is 51. The molecule has 0 aromatic rings. The SMILES string of the molecule is CCCCCCCCCCC/C=C/[C@@H](O)[C@H](COP(=O)(O)OCC[N+](C)(C)C)NC(=O)CCCCCCCCCCCCCCCCCCCCCCCCCCCCCCCC. The number of hydrogen-bond acceptors (Lipinski definition) is 5. The Morgan fingerprint density at radius 3 is 1.17 bits per heavy atom. The Labute approximate surface area is 392 Å². The molecule has 1 unspecified atom stereocenters. The summed E-state index contributed by atoms with van der Waals surface area (Å²) < 4.78 is 23.6. The molecule has 0 bridgehead atoms. The van der Waals surface area contributed by atoms with Gasteiger partial charge in [0.2, 0.25) is 5.91 Å². The van der Waals surface area contributed by atoms with Crippen molar-refractivity contribution in [2.75, 3.05) is 40.9 Å². The van der Waals surface area contributed by atoms with Crippen LogP contribution in [0.5, 0.6) is 0 Å². The summed E-state index contributed by atoms with van der Waals surface area (Å²) in [6, 6.07) is -0.840. The van der Waals surface area contributed by atoms with Crippen molar-refractivity contribution in [3.05, 3.63) is 12.2 Å². The zero-order valence-electron chi connectivity index (χ0n) is 42.8. The van der Waals surface area contributed by atoms with Gasteiger partial charge in [-0.05, 0) is 19.3 Å². The summed E-state index contributed by atoms with van der Waals surface area (Å²) in [7, 11) is 1.59. The minimum Gasteiger partial charge on any atom is -0.387 e. The second-order valence-corrected chi connectivity index (χ2v) is 21.8. The monoisotopic (exact) mass is 914 g/mol. The molecule has 0 fully saturated rings. The van der Waals surface area contributed by atoms with E-state index < -0.39 is 20.0 Å². The molecule has 0 saturated heterocycles. The number of unbranched alkanes of at least 4 members (excludes halogenated alkanes) is 38. The Hall–Kier alpha value is -0.760. The van der Waals surface area contributed by atoms with Crippen molar-refractivity contribution in [3.63, 3.8) is 0 Å². The van der Waals surface area contributed by atoms with Crippen LogP contribution in [0.3, 0.4) is 0 Å². The van der Waals surface area contributed by atoms with Crippen molar-refractivity contribution >= 4 is 13.7 Å². The fraction of sp³-hybridized carbons (Fsp3) is 0.944. The molecule has 63 heavy (non-hydrogen) atoms. The molecule has 9 heteroatoms. The number of likely N-dealkylation sites (N-methyl/N-ethyl adjacent to an activating group) is 1. The van der Waals surface area contributed by atoms with Gasteiger partial charge < -0.3 is 19.8 Å². The van der Waals surface area contributed by atoms with Crippen LogP contribution in [-0.2, 0) is 18.4 Å². The van der Waals surface area contributed by atoms with Crippen LogP contribution in [0.4, 0.5) is 0 Å². The largest absolute Gasteiger partial charge is 0.472 e. The zero-order chi connectivity index (χ0) is 46.4. The van der Waals surface area contributed by atoms with Gasteiger partial charge in [0.15, 0.2) is 0 Å². The van der Waals surface area contributed by atoms with E-state index in [9.17, 15) is 19.4 Å². The Morgan fingerprint density at radius 2 is 0.841 bits per heavy atom. The number of nitrogens with one attached hydrogen (secondary N) is 1. The van der Waals surface area contributed by atoms with Crippen molar-refractivity contribution in [1.29, 1.82) is 0 Å². The second kappa shape index (κ2) is 46.4. The van der Waals surface area contributed by atoms with Gasteiger partial charge in [0.05, 0.1) is 39.9 Å². The summed E-state index contributed by atoms with van der Waals surface area (Å²) in [4.78, 5) is 23.2. The van der Waals surface area contributed by atoms with Gasteiger partial charge in [-0.15, -0.1) is 0 Å².